The van der Waals surface area contributed by atoms with E-state index in [2.05, 4.69) is 5.32 Å². The molecule has 1 atom stereocenters. The second-order valence-electron chi connectivity index (χ2n) is 11.4. The maximum atomic E-state index is 14.5. The zero-order valence-corrected chi connectivity index (χ0v) is 28.9. The Morgan fingerprint density at radius 1 is 0.804 bits per heavy atom. The molecule has 0 fully saturated rings. The summed E-state index contributed by atoms with van der Waals surface area (Å²) in [6, 6.07) is 26.0. The number of benzene rings is 4. The number of nitrogens with zero attached hydrogens (tertiary/aromatic N) is 2. The molecule has 0 aromatic heterocycles. The summed E-state index contributed by atoms with van der Waals surface area (Å²) in [6.45, 7) is 5.65. The van der Waals surface area contributed by atoms with Crippen LogP contribution in [0, 0.1) is 12.8 Å². The van der Waals surface area contributed by atoms with Gasteiger partial charge in [0.1, 0.15) is 12.6 Å². The van der Waals surface area contributed by atoms with E-state index in [9.17, 15) is 18.0 Å². The fraction of sp³-hybridized carbons (Fsp3) is 0.257. The number of nitrogens with one attached hydrogen (secondary N) is 1. The van der Waals surface area contributed by atoms with Gasteiger partial charge >= 0.3 is 0 Å². The highest BCUT2D eigenvalue weighted by Gasteiger charge is 2.34. The van der Waals surface area contributed by atoms with Gasteiger partial charge in [-0.3, -0.25) is 13.9 Å². The van der Waals surface area contributed by atoms with E-state index in [-0.39, 0.29) is 29.7 Å². The van der Waals surface area contributed by atoms with Crippen LogP contribution in [0.5, 0.6) is 0 Å². The Labute approximate surface area is 286 Å². The van der Waals surface area contributed by atoms with Gasteiger partial charge in [-0.2, -0.15) is 0 Å². The molecule has 7 nitrogen and oxygen atoms in total. The van der Waals surface area contributed by atoms with Gasteiger partial charge in [-0.25, -0.2) is 8.42 Å². The van der Waals surface area contributed by atoms with Crippen LogP contribution in [-0.4, -0.2) is 44.3 Å². The molecule has 1 N–H and O–H groups in total. The maximum Gasteiger partial charge on any atom is 0.264 e. The topological polar surface area (TPSA) is 86.8 Å². The third-order valence-corrected chi connectivity index (χ3v) is 10.1. The number of aryl methyl sites for hydroxylation is 1. The number of halogens is 3. The average Bonchev–Trinajstić information content (AvgIpc) is 3.03. The van der Waals surface area contributed by atoms with Crippen LogP contribution in [0.3, 0.4) is 0 Å². The van der Waals surface area contributed by atoms with E-state index in [0.717, 1.165) is 15.4 Å². The maximum absolute atomic E-state index is 14.5. The normalized spacial score (nSPS) is 12.1. The molecule has 242 valence electrons. The van der Waals surface area contributed by atoms with Crippen molar-refractivity contribution in [1.29, 1.82) is 0 Å². The Bertz CT molecular complexity index is 1750. The molecule has 0 aliphatic heterocycles. The minimum absolute atomic E-state index is 0.0228. The molecule has 0 aliphatic carbocycles. The van der Waals surface area contributed by atoms with E-state index in [1.165, 1.54) is 29.2 Å². The minimum Gasteiger partial charge on any atom is -0.354 e. The standard InChI is InChI=1S/C35H36Cl3N3O4S/c1-24(2)21-39-35(43)33(20-26-7-5-4-6-8-26)40(22-27-11-18-31(37)32(38)19-27)34(42)23-41(29-14-9-25(3)10-15-29)46(44,45)30-16-12-28(36)13-17-30/h4-19,24,33H,20-23H2,1-3H3,(H,39,43)/t33-/m1/s1. The summed E-state index contributed by atoms with van der Waals surface area (Å²) in [7, 11) is -4.24. The van der Waals surface area contributed by atoms with Crippen LogP contribution in [0.15, 0.2) is 102 Å². The largest absolute Gasteiger partial charge is 0.354 e. The molecule has 11 heteroatoms. The lowest BCUT2D eigenvalue weighted by atomic mass is 10.0. The van der Waals surface area contributed by atoms with Crippen molar-refractivity contribution in [3.63, 3.8) is 0 Å². The third kappa shape index (κ3) is 9.26. The zero-order valence-electron chi connectivity index (χ0n) is 25.8. The Kier molecular flexibility index (Phi) is 12.1. The van der Waals surface area contributed by atoms with Gasteiger partial charge in [0.25, 0.3) is 10.0 Å². The first-order valence-electron chi connectivity index (χ1n) is 14.7. The van der Waals surface area contributed by atoms with Gasteiger partial charge in [0, 0.05) is 24.5 Å². The lowest BCUT2D eigenvalue weighted by molar-refractivity contribution is -0.140. The molecule has 4 aromatic rings. The zero-order chi connectivity index (χ0) is 33.4. The van der Waals surface area contributed by atoms with Gasteiger partial charge in [-0.1, -0.05) is 103 Å². The number of rotatable bonds is 13. The van der Waals surface area contributed by atoms with Crippen molar-refractivity contribution in [3.8, 4) is 0 Å². The van der Waals surface area contributed by atoms with Crippen molar-refractivity contribution >= 4 is 62.3 Å². The van der Waals surface area contributed by atoms with Crippen LogP contribution in [0.2, 0.25) is 15.1 Å². The Morgan fingerprint density at radius 2 is 1.46 bits per heavy atom. The van der Waals surface area contributed by atoms with Gasteiger partial charge in [0.15, 0.2) is 0 Å². The number of hydrogen-bond acceptors (Lipinski definition) is 4. The molecule has 0 bridgehead atoms. The van der Waals surface area contributed by atoms with E-state index in [1.807, 2.05) is 51.1 Å². The van der Waals surface area contributed by atoms with Crippen LogP contribution in [0.25, 0.3) is 0 Å². The van der Waals surface area contributed by atoms with Crippen LogP contribution in [0.4, 0.5) is 5.69 Å². The van der Waals surface area contributed by atoms with Crippen molar-refractivity contribution in [3.05, 3.63) is 129 Å². The molecule has 0 spiro atoms. The van der Waals surface area contributed by atoms with E-state index in [1.54, 1.807) is 42.5 Å². The molecular formula is C35H36Cl3N3O4S. The quantitative estimate of drug-likeness (QED) is 0.156. The number of hydrogen-bond donors (Lipinski definition) is 1. The Hall–Kier alpha value is -3.56. The average molecular weight is 701 g/mol. The molecule has 2 amide bonds. The first-order valence-corrected chi connectivity index (χ1v) is 17.3. The van der Waals surface area contributed by atoms with Crippen molar-refractivity contribution in [2.75, 3.05) is 17.4 Å². The SMILES string of the molecule is Cc1ccc(N(CC(=O)N(Cc2ccc(Cl)c(Cl)c2)[C@H](Cc2ccccc2)C(=O)NCC(C)C)S(=O)(=O)c2ccc(Cl)cc2)cc1. The predicted molar refractivity (Wildman–Crippen MR) is 186 cm³/mol. The number of amides is 2. The van der Waals surface area contributed by atoms with Crippen molar-refractivity contribution in [1.82, 2.24) is 10.2 Å². The van der Waals surface area contributed by atoms with Crippen LogP contribution in [-0.2, 0) is 32.6 Å². The monoisotopic (exact) mass is 699 g/mol. The van der Waals surface area contributed by atoms with Gasteiger partial charge in [-0.05, 0) is 72.5 Å². The Balaban J connectivity index is 1.81. The molecule has 0 saturated heterocycles. The van der Waals surface area contributed by atoms with Gasteiger partial charge < -0.3 is 10.2 Å². The molecule has 46 heavy (non-hydrogen) atoms. The predicted octanol–water partition coefficient (Wildman–Crippen LogP) is 7.56. The molecule has 4 rings (SSSR count). The third-order valence-electron chi connectivity index (χ3n) is 7.30. The van der Waals surface area contributed by atoms with Crippen LogP contribution in [0.1, 0.15) is 30.5 Å². The number of anilines is 1. The summed E-state index contributed by atoms with van der Waals surface area (Å²) in [5.41, 5.74) is 2.68. The summed E-state index contributed by atoms with van der Waals surface area (Å²) in [5, 5.41) is 3.99. The van der Waals surface area contributed by atoms with Gasteiger partial charge in [-0.15, -0.1) is 0 Å². The molecule has 0 aliphatic rings. The number of carbonyl (C=O) groups excluding carboxylic acids is 2. The summed E-state index contributed by atoms with van der Waals surface area (Å²) in [5.74, 6) is -0.764. The molecule has 0 saturated carbocycles. The van der Waals surface area contributed by atoms with E-state index >= 15 is 0 Å². The second-order valence-corrected chi connectivity index (χ2v) is 14.5. The van der Waals surface area contributed by atoms with Crippen molar-refractivity contribution in [2.45, 2.75) is 44.7 Å². The number of carbonyl (C=O) groups is 2. The smallest absolute Gasteiger partial charge is 0.264 e. The van der Waals surface area contributed by atoms with Crippen molar-refractivity contribution in [2.24, 2.45) is 5.92 Å². The number of sulfonamides is 1. The van der Waals surface area contributed by atoms with Crippen LogP contribution < -0.4 is 9.62 Å². The molecule has 0 unspecified atom stereocenters. The second kappa shape index (κ2) is 15.8. The first-order chi connectivity index (χ1) is 21.8. The fourth-order valence-electron chi connectivity index (χ4n) is 4.78. The molecule has 4 aromatic carbocycles. The lowest BCUT2D eigenvalue weighted by Gasteiger charge is -2.34. The molecule has 0 radical (unpaired) electrons. The molecule has 0 heterocycles. The van der Waals surface area contributed by atoms with Gasteiger partial charge in [0.2, 0.25) is 11.8 Å². The summed E-state index contributed by atoms with van der Waals surface area (Å²) in [4.78, 5) is 29.8. The minimum atomic E-state index is -4.24. The van der Waals surface area contributed by atoms with Gasteiger partial charge in [0.05, 0.1) is 20.6 Å². The molecular weight excluding hydrogens is 665 g/mol. The van der Waals surface area contributed by atoms with E-state index in [0.29, 0.717) is 32.9 Å². The summed E-state index contributed by atoms with van der Waals surface area (Å²) >= 11 is 18.6. The highest BCUT2D eigenvalue weighted by Crippen LogP contribution is 2.28. The first kappa shape index (κ1) is 35.3. The highest BCUT2D eigenvalue weighted by molar-refractivity contribution is 7.92. The van der Waals surface area contributed by atoms with Crippen LogP contribution >= 0.6 is 34.8 Å². The lowest BCUT2D eigenvalue weighted by Crippen LogP contribution is -2.53. The van der Waals surface area contributed by atoms with Crippen molar-refractivity contribution < 1.29 is 18.0 Å². The van der Waals surface area contributed by atoms with E-state index < -0.39 is 28.5 Å². The Morgan fingerprint density at radius 3 is 2.07 bits per heavy atom. The highest BCUT2D eigenvalue weighted by atomic mass is 35.5. The summed E-state index contributed by atoms with van der Waals surface area (Å²) in [6.07, 6.45) is 0.201. The fourth-order valence-corrected chi connectivity index (χ4v) is 6.65. The van der Waals surface area contributed by atoms with E-state index in [4.69, 9.17) is 34.8 Å². The summed E-state index contributed by atoms with van der Waals surface area (Å²) < 4.78 is 29.3.